The highest BCUT2D eigenvalue weighted by atomic mass is 127. The fourth-order valence-electron chi connectivity index (χ4n) is 3.74. The van der Waals surface area contributed by atoms with Gasteiger partial charge in [-0.3, -0.25) is 9.89 Å². The van der Waals surface area contributed by atoms with E-state index in [0.717, 1.165) is 64.7 Å². The summed E-state index contributed by atoms with van der Waals surface area (Å²) < 4.78 is 5.47. The standard InChI is InChI=1S/C25H37N5O.HI/c1-26-25(27-14-6-7-21-10-12-24(13-11-21)29(2)3)28-19-22-8-4-5-9-23(22)20-30-15-17-31-18-16-30;/h4-5,8-13H,6-7,14-20H2,1-3H3,(H2,26,27,28);1H. The summed E-state index contributed by atoms with van der Waals surface area (Å²) >= 11 is 0. The van der Waals surface area contributed by atoms with E-state index in [1.165, 1.54) is 22.4 Å². The molecule has 3 rings (SSSR count). The Bertz CT molecular complexity index is 819. The van der Waals surface area contributed by atoms with Crippen molar-refractivity contribution in [2.75, 3.05) is 58.9 Å². The molecule has 2 aromatic carbocycles. The van der Waals surface area contributed by atoms with Crippen LogP contribution in [0.3, 0.4) is 0 Å². The van der Waals surface area contributed by atoms with Crippen LogP contribution in [-0.4, -0.2) is 64.9 Å². The first-order chi connectivity index (χ1) is 15.2. The van der Waals surface area contributed by atoms with Crippen LogP contribution in [0.1, 0.15) is 23.1 Å². The Kier molecular flexibility index (Phi) is 11.8. The van der Waals surface area contributed by atoms with E-state index in [2.05, 4.69) is 88.1 Å². The Morgan fingerprint density at radius 1 is 1.00 bits per heavy atom. The van der Waals surface area contributed by atoms with Gasteiger partial charge in [-0.15, -0.1) is 24.0 Å². The lowest BCUT2D eigenvalue weighted by Crippen LogP contribution is -2.38. The second kappa shape index (κ2) is 14.3. The van der Waals surface area contributed by atoms with Crippen molar-refractivity contribution in [1.82, 2.24) is 15.5 Å². The van der Waals surface area contributed by atoms with Crippen LogP contribution in [0.4, 0.5) is 5.69 Å². The van der Waals surface area contributed by atoms with E-state index in [9.17, 15) is 0 Å². The number of aliphatic imine (C=N–C) groups is 1. The lowest BCUT2D eigenvalue weighted by molar-refractivity contribution is 0.0341. The first kappa shape index (κ1) is 26.4. The van der Waals surface area contributed by atoms with E-state index in [1.807, 2.05) is 7.05 Å². The smallest absolute Gasteiger partial charge is 0.191 e. The predicted molar refractivity (Wildman–Crippen MR) is 145 cm³/mol. The molecule has 0 atom stereocenters. The minimum atomic E-state index is 0. The molecule has 1 heterocycles. The zero-order chi connectivity index (χ0) is 21.9. The highest BCUT2D eigenvalue weighted by molar-refractivity contribution is 14.0. The normalized spacial score (nSPS) is 14.5. The summed E-state index contributed by atoms with van der Waals surface area (Å²) in [5, 5.41) is 6.92. The highest BCUT2D eigenvalue weighted by Gasteiger charge is 2.12. The highest BCUT2D eigenvalue weighted by Crippen LogP contribution is 2.14. The maximum Gasteiger partial charge on any atom is 0.191 e. The van der Waals surface area contributed by atoms with Gasteiger partial charge in [-0.2, -0.15) is 0 Å². The lowest BCUT2D eigenvalue weighted by Gasteiger charge is -2.27. The van der Waals surface area contributed by atoms with E-state index in [0.29, 0.717) is 0 Å². The van der Waals surface area contributed by atoms with Crippen molar-refractivity contribution in [3.05, 3.63) is 65.2 Å². The summed E-state index contributed by atoms with van der Waals surface area (Å²) in [7, 11) is 5.96. The van der Waals surface area contributed by atoms with Crippen molar-refractivity contribution in [2.24, 2.45) is 4.99 Å². The van der Waals surface area contributed by atoms with Crippen LogP contribution in [0.5, 0.6) is 0 Å². The number of anilines is 1. The predicted octanol–water partition coefficient (Wildman–Crippen LogP) is 3.50. The van der Waals surface area contributed by atoms with Gasteiger partial charge in [-0.25, -0.2) is 0 Å². The molecule has 176 valence electrons. The number of hydrogen-bond acceptors (Lipinski definition) is 4. The molecule has 0 radical (unpaired) electrons. The topological polar surface area (TPSA) is 52.1 Å². The van der Waals surface area contributed by atoms with E-state index < -0.39 is 0 Å². The lowest BCUT2D eigenvalue weighted by atomic mass is 10.1. The van der Waals surface area contributed by atoms with Crippen LogP contribution in [0, 0.1) is 0 Å². The number of nitrogens with zero attached hydrogens (tertiary/aromatic N) is 3. The van der Waals surface area contributed by atoms with Gasteiger partial charge in [0.05, 0.1) is 13.2 Å². The second-order valence-corrected chi connectivity index (χ2v) is 8.17. The van der Waals surface area contributed by atoms with Crippen LogP contribution in [0.25, 0.3) is 0 Å². The molecule has 1 aliphatic rings. The SMILES string of the molecule is CN=C(NCCCc1ccc(N(C)C)cc1)NCc1ccccc1CN1CCOCC1.I. The molecule has 0 spiro atoms. The fourth-order valence-corrected chi connectivity index (χ4v) is 3.74. The third-order valence-corrected chi connectivity index (χ3v) is 5.67. The minimum absolute atomic E-state index is 0. The van der Waals surface area contributed by atoms with Crippen LogP contribution in [0.15, 0.2) is 53.5 Å². The van der Waals surface area contributed by atoms with Crippen molar-refractivity contribution < 1.29 is 4.74 Å². The molecule has 1 saturated heterocycles. The third kappa shape index (κ3) is 8.60. The van der Waals surface area contributed by atoms with Crippen molar-refractivity contribution in [1.29, 1.82) is 0 Å². The maximum absolute atomic E-state index is 5.47. The molecule has 1 fully saturated rings. The van der Waals surface area contributed by atoms with Gasteiger partial charge in [-0.1, -0.05) is 36.4 Å². The van der Waals surface area contributed by atoms with Crippen molar-refractivity contribution in [2.45, 2.75) is 25.9 Å². The Labute approximate surface area is 210 Å². The average Bonchev–Trinajstić information content (AvgIpc) is 2.80. The van der Waals surface area contributed by atoms with Gasteiger partial charge >= 0.3 is 0 Å². The molecule has 0 saturated carbocycles. The number of halogens is 1. The van der Waals surface area contributed by atoms with Crippen LogP contribution in [0.2, 0.25) is 0 Å². The summed E-state index contributed by atoms with van der Waals surface area (Å²) in [5.41, 5.74) is 5.29. The molecule has 32 heavy (non-hydrogen) atoms. The Balaban J connectivity index is 0.00000363. The number of rotatable bonds is 9. The summed E-state index contributed by atoms with van der Waals surface area (Å²) in [6, 6.07) is 17.4. The molecule has 1 aliphatic heterocycles. The summed E-state index contributed by atoms with van der Waals surface area (Å²) in [6.45, 7) is 6.30. The number of morpholine rings is 1. The third-order valence-electron chi connectivity index (χ3n) is 5.67. The molecule has 0 unspecified atom stereocenters. The van der Waals surface area contributed by atoms with Gasteiger partial charge in [0.25, 0.3) is 0 Å². The van der Waals surface area contributed by atoms with Gasteiger partial charge in [0.1, 0.15) is 0 Å². The van der Waals surface area contributed by atoms with E-state index in [1.54, 1.807) is 0 Å². The zero-order valence-electron chi connectivity index (χ0n) is 19.6. The Hall–Kier alpha value is -1.84. The molecular formula is C25H38IN5O. The number of guanidine groups is 1. The van der Waals surface area contributed by atoms with Gasteiger partial charge in [-0.05, 0) is 41.7 Å². The number of hydrogen-bond donors (Lipinski definition) is 2. The monoisotopic (exact) mass is 551 g/mol. The second-order valence-electron chi connectivity index (χ2n) is 8.17. The van der Waals surface area contributed by atoms with E-state index in [-0.39, 0.29) is 24.0 Å². The Morgan fingerprint density at radius 3 is 2.34 bits per heavy atom. The summed E-state index contributed by atoms with van der Waals surface area (Å²) in [4.78, 5) is 8.97. The van der Waals surface area contributed by atoms with Crippen LogP contribution in [-0.2, 0) is 24.2 Å². The number of nitrogens with one attached hydrogen (secondary N) is 2. The molecule has 0 amide bonds. The van der Waals surface area contributed by atoms with Gasteiger partial charge < -0.3 is 20.3 Å². The molecule has 0 bridgehead atoms. The zero-order valence-corrected chi connectivity index (χ0v) is 22.0. The Morgan fingerprint density at radius 2 is 1.69 bits per heavy atom. The number of aryl methyl sites for hydroxylation is 1. The van der Waals surface area contributed by atoms with E-state index >= 15 is 0 Å². The van der Waals surface area contributed by atoms with Gasteiger partial charge in [0.15, 0.2) is 5.96 Å². The van der Waals surface area contributed by atoms with Crippen molar-refractivity contribution in [3.8, 4) is 0 Å². The van der Waals surface area contributed by atoms with Crippen molar-refractivity contribution >= 4 is 35.6 Å². The van der Waals surface area contributed by atoms with Crippen LogP contribution >= 0.6 is 24.0 Å². The van der Waals surface area contributed by atoms with Gasteiger partial charge in [0.2, 0.25) is 0 Å². The molecule has 0 aliphatic carbocycles. The summed E-state index contributed by atoms with van der Waals surface area (Å²) in [6.07, 6.45) is 2.12. The first-order valence-corrected chi connectivity index (χ1v) is 11.2. The average molecular weight is 552 g/mol. The van der Waals surface area contributed by atoms with E-state index in [4.69, 9.17) is 4.74 Å². The maximum atomic E-state index is 5.47. The molecular weight excluding hydrogens is 513 g/mol. The molecule has 0 aromatic heterocycles. The van der Waals surface area contributed by atoms with Gasteiger partial charge in [0, 0.05) is 59.6 Å². The molecule has 7 heteroatoms. The van der Waals surface area contributed by atoms with Crippen molar-refractivity contribution in [3.63, 3.8) is 0 Å². The quantitative estimate of drug-likeness (QED) is 0.216. The van der Waals surface area contributed by atoms with Crippen LogP contribution < -0.4 is 15.5 Å². The largest absolute Gasteiger partial charge is 0.379 e. The number of ether oxygens (including phenoxy) is 1. The number of benzene rings is 2. The molecule has 2 N–H and O–H groups in total. The molecule has 6 nitrogen and oxygen atoms in total. The summed E-state index contributed by atoms with van der Waals surface area (Å²) in [5.74, 6) is 0.851. The molecule has 2 aromatic rings. The fraction of sp³-hybridized carbons (Fsp3) is 0.480. The minimum Gasteiger partial charge on any atom is -0.379 e. The first-order valence-electron chi connectivity index (χ1n) is 11.2.